The summed E-state index contributed by atoms with van der Waals surface area (Å²) in [4.78, 5) is 25.9. The highest BCUT2D eigenvalue weighted by atomic mass is 32.2. The minimum Gasteiger partial charge on any atom is -0.469 e. The number of nitrogens with zero attached hydrogens (tertiary/aromatic N) is 1. The largest absolute Gasteiger partial charge is 0.534 e. The predicted molar refractivity (Wildman–Crippen MR) is 139 cm³/mol. The normalized spacial score (nSPS) is 17.5. The third-order valence-corrected chi connectivity index (χ3v) is 7.65. The minimum absolute atomic E-state index is 0.127. The zero-order valence-corrected chi connectivity index (χ0v) is 23.2. The molecule has 2 atom stereocenters. The van der Waals surface area contributed by atoms with Gasteiger partial charge in [-0.05, 0) is 53.4 Å². The van der Waals surface area contributed by atoms with Crippen LogP contribution in [-0.2, 0) is 43.5 Å². The van der Waals surface area contributed by atoms with E-state index in [0.29, 0.717) is 17.7 Å². The predicted octanol–water partition coefficient (Wildman–Crippen LogP) is 6.40. The van der Waals surface area contributed by atoms with Crippen LogP contribution in [0.5, 0.6) is 5.75 Å². The van der Waals surface area contributed by atoms with Gasteiger partial charge in [-0.2, -0.15) is 34.8 Å². The Labute approximate surface area is 241 Å². The van der Waals surface area contributed by atoms with Gasteiger partial charge >= 0.3 is 33.9 Å². The zero-order valence-electron chi connectivity index (χ0n) is 22.4. The quantitative estimate of drug-likeness (QED) is 0.123. The van der Waals surface area contributed by atoms with Crippen molar-refractivity contribution >= 4 is 22.2 Å². The fourth-order valence-corrected chi connectivity index (χ4v) is 5.00. The van der Waals surface area contributed by atoms with Crippen LogP contribution in [0.4, 0.5) is 31.1 Å². The molecule has 1 heterocycles. The molecule has 0 bridgehead atoms. The maximum atomic E-state index is 13.7. The Morgan fingerprint density at radius 3 is 2.23 bits per heavy atom. The topological polar surface area (TPSA) is 99.2 Å². The van der Waals surface area contributed by atoms with E-state index >= 15 is 0 Å². The van der Waals surface area contributed by atoms with Crippen molar-refractivity contribution in [3.05, 3.63) is 89.0 Å². The highest BCUT2D eigenvalue weighted by Gasteiger charge is 2.49. The fourth-order valence-electron chi connectivity index (χ4n) is 4.52. The average molecular weight is 632 g/mol. The lowest BCUT2D eigenvalue weighted by Gasteiger charge is -2.24. The van der Waals surface area contributed by atoms with E-state index in [1.165, 1.54) is 0 Å². The van der Waals surface area contributed by atoms with Gasteiger partial charge in [-0.3, -0.25) is 9.69 Å². The van der Waals surface area contributed by atoms with Crippen LogP contribution in [0.3, 0.4) is 0 Å². The monoisotopic (exact) mass is 631 g/mol. The van der Waals surface area contributed by atoms with Crippen LogP contribution in [0.2, 0.25) is 0 Å². The molecule has 1 amide bonds. The molecule has 0 radical (unpaired) electrons. The summed E-state index contributed by atoms with van der Waals surface area (Å²) in [5.41, 5.74) is -6.98. The molecule has 0 saturated carbocycles. The number of hydrogen-bond donors (Lipinski definition) is 0. The number of benzene rings is 3. The summed E-state index contributed by atoms with van der Waals surface area (Å²) < 4.78 is 119. The van der Waals surface area contributed by atoms with Crippen LogP contribution in [-0.4, -0.2) is 44.0 Å². The standard InChI is InChI=1S/C28H23F6NO7S/c1-16-25(18-6-4-3-5-7-18)41-26(37)35(16)15-19-14-20(27(29,30)31)9-10-21(19)22-12-17(13-24(36)40-2)8-11-23(22)42-43(38,39)28(32,33)34/h3-12,14,16,25H,13,15H2,1-2H3. The molecule has 1 saturated heterocycles. The van der Waals surface area contributed by atoms with Gasteiger partial charge in [0.2, 0.25) is 0 Å². The number of carbonyl (C=O) groups excluding carboxylic acids is 2. The Balaban J connectivity index is 1.85. The summed E-state index contributed by atoms with van der Waals surface area (Å²) in [7, 11) is -5.11. The SMILES string of the molecule is COC(=O)Cc1ccc(OS(=O)(=O)C(F)(F)F)c(-c2ccc(C(F)(F)F)cc2CN2C(=O)OC(c3ccccc3)C2C)c1. The van der Waals surface area contributed by atoms with Crippen molar-refractivity contribution in [3.63, 3.8) is 0 Å². The third-order valence-electron chi connectivity index (χ3n) is 6.69. The highest BCUT2D eigenvalue weighted by Crippen LogP contribution is 2.41. The van der Waals surface area contributed by atoms with E-state index in [1.54, 1.807) is 37.3 Å². The number of alkyl halides is 6. The van der Waals surface area contributed by atoms with E-state index in [9.17, 15) is 44.3 Å². The van der Waals surface area contributed by atoms with Crippen LogP contribution < -0.4 is 4.18 Å². The lowest BCUT2D eigenvalue weighted by atomic mass is 9.94. The number of methoxy groups -OCH3 is 1. The lowest BCUT2D eigenvalue weighted by Crippen LogP contribution is -2.31. The zero-order chi connectivity index (χ0) is 31.7. The summed E-state index contributed by atoms with van der Waals surface area (Å²) in [6.45, 7) is 1.10. The molecule has 3 aromatic carbocycles. The molecule has 3 aromatic rings. The molecule has 2 unspecified atom stereocenters. The number of halogens is 6. The molecule has 230 valence electrons. The number of ether oxygens (including phenoxy) is 2. The molecule has 43 heavy (non-hydrogen) atoms. The first-order valence-corrected chi connectivity index (χ1v) is 13.9. The Morgan fingerprint density at radius 1 is 0.953 bits per heavy atom. The maximum Gasteiger partial charge on any atom is 0.534 e. The molecular formula is C28H23F6NO7S. The molecule has 0 N–H and O–H groups in total. The van der Waals surface area contributed by atoms with E-state index in [0.717, 1.165) is 36.3 Å². The van der Waals surface area contributed by atoms with E-state index in [1.807, 2.05) is 0 Å². The van der Waals surface area contributed by atoms with Crippen LogP contribution >= 0.6 is 0 Å². The Bertz CT molecular complexity index is 1620. The van der Waals surface area contributed by atoms with Crippen molar-refractivity contribution in [1.82, 2.24) is 4.90 Å². The van der Waals surface area contributed by atoms with Gasteiger partial charge in [-0.15, -0.1) is 0 Å². The summed E-state index contributed by atoms with van der Waals surface area (Å²) >= 11 is 0. The van der Waals surface area contributed by atoms with Gasteiger partial charge in [-0.1, -0.05) is 42.5 Å². The number of hydrogen-bond acceptors (Lipinski definition) is 7. The van der Waals surface area contributed by atoms with Crippen molar-refractivity contribution in [2.75, 3.05) is 7.11 Å². The second kappa shape index (κ2) is 11.8. The van der Waals surface area contributed by atoms with Crippen LogP contribution in [0.1, 0.15) is 35.3 Å². The molecule has 1 aliphatic heterocycles. The van der Waals surface area contributed by atoms with Crippen molar-refractivity contribution in [2.45, 2.75) is 43.7 Å². The second-order valence-electron chi connectivity index (χ2n) is 9.52. The molecular weight excluding hydrogens is 608 g/mol. The first-order chi connectivity index (χ1) is 20.0. The van der Waals surface area contributed by atoms with Gasteiger partial charge in [0.05, 0.1) is 31.7 Å². The fraction of sp³-hybridized carbons (Fsp3) is 0.286. The summed E-state index contributed by atoms with van der Waals surface area (Å²) in [6.07, 6.45) is -6.88. The molecule has 15 heteroatoms. The average Bonchev–Trinajstić information content (AvgIpc) is 3.21. The summed E-state index contributed by atoms with van der Waals surface area (Å²) in [5, 5.41) is 0. The van der Waals surface area contributed by atoms with E-state index < -0.39 is 70.3 Å². The van der Waals surface area contributed by atoms with Gasteiger partial charge < -0.3 is 13.7 Å². The van der Waals surface area contributed by atoms with Crippen molar-refractivity contribution in [1.29, 1.82) is 0 Å². The minimum atomic E-state index is -6.20. The third kappa shape index (κ3) is 6.87. The molecule has 1 aliphatic rings. The molecule has 0 aromatic heterocycles. The summed E-state index contributed by atoms with van der Waals surface area (Å²) in [5.74, 6) is -1.62. The van der Waals surface area contributed by atoms with Crippen molar-refractivity contribution in [3.8, 4) is 16.9 Å². The van der Waals surface area contributed by atoms with Crippen molar-refractivity contribution in [2.24, 2.45) is 0 Å². The van der Waals surface area contributed by atoms with Gasteiger partial charge in [0.25, 0.3) is 0 Å². The van der Waals surface area contributed by atoms with Crippen molar-refractivity contribution < 1.29 is 58.0 Å². The Morgan fingerprint density at radius 2 is 1.63 bits per heavy atom. The molecule has 8 nitrogen and oxygen atoms in total. The lowest BCUT2D eigenvalue weighted by molar-refractivity contribution is -0.140. The molecule has 1 fully saturated rings. The maximum absolute atomic E-state index is 13.7. The van der Waals surface area contributed by atoms with Crippen LogP contribution in [0, 0.1) is 0 Å². The smallest absolute Gasteiger partial charge is 0.469 e. The highest BCUT2D eigenvalue weighted by molar-refractivity contribution is 7.88. The number of carbonyl (C=O) groups is 2. The van der Waals surface area contributed by atoms with Crippen LogP contribution in [0.15, 0.2) is 66.7 Å². The van der Waals surface area contributed by atoms with E-state index in [-0.39, 0.29) is 22.3 Å². The van der Waals surface area contributed by atoms with Gasteiger partial charge in [0.15, 0.2) is 5.75 Å². The summed E-state index contributed by atoms with van der Waals surface area (Å²) in [6, 6.07) is 13.2. The Kier molecular flexibility index (Phi) is 8.67. The number of rotatable bonds is 8. The second-order valence-corrected chi connectivity index (χ2v) is 11.1. The number of esters is 1. The molecule has 0 aliphatic carbocycles. The van der Waals surface area contributed by atoms with Gasteiger partial charge in [-0.25, -0.2) is 4.79 Å². The first-order valence-electron chi connectivity index (χ1n) is 12.4. The van der Waals surface area contributed by atoms with Gasteiger partial charge in [0.1, 0.15) is 6.10 Å². The van der Waals surface area contributed by atoms with E-state index in [2.05, 4.69) is 8.92 Å². The van der Waals surface area contributed by atoms with Crippen LogP contribution in [0.25, 0.3) is 11.1 Å². The molecule has 0 spiro atoms. The number of amides is 1. The number of cyclic esters (lactones) is 1. The van der Waals surface area contributed by atoms with Gasteiger partial charge in [0, 0.05) is 5.56 Å². The van der Waals surface area contributed by atoms with E-state index in [4.69, 9.17) is 4.74 Å². The molecule has 4 rings (SSSR count). The first kappa shape index (κ1) is 31.7. The Hall–Kier alpha value is -4.27.